The zero-order valence-electron chi connectivity index (χ0n) is 9.44. The van der Waals surface area contributed by atoms with Crippen LogP contribution in [0.2, 0.25) is 0 Å². The zero-order chi connectivity index (χ0) is 10.9. The van der Waals surface area contributed by atoms with E-state index in [2.05, 4.69) is 35.8 Å². The van der Waals surface area contributed by atoms with E-state index in [4.69, 9.17) is 0 Å². The summed E-state index contributed by atoms with van der Waals surface area (Å²) >= 11 is 0. The molecule has 0 saturated heterocycles. The Morgan fingerprint density at radius 1 is 1.33 bits per heavy atom. The molecule has 0 aliphatic rings. The Labute approximate surface area is 89.3 Å². The fourth-order valence-electron chi connectivity index (χ4n) is 1.46. The van der Waals surface area contributed by atoms with E-state index < -0.39 is 0 Å². The Balaban J connectivity index is 2.37. The molecule has 80 valence electrons. The van der Waals surface area contributed by atoms with Crippen molar-refractivity contribution < 1.29 is 0 Å². The lowest BCUT2D eigenvalue weighted by Gasteiger charge is -2.22. The highest BCUT2D eigenvalue weighted by Crippen LogP contribution is 2.23. The largest absolute Gasteiger partial charge is 0.247 e. The second-order valence-electron chi connectivity index (χ2n) is 4.62. The molecule has 0 amide bonds. The average molecular weight is 204 g/mol. The van der Waals surface area contributed by atoms with Crippen LogP contribution < -0.4 is 0 Å². The molecule has 0 radical (unpaired) electrons. The highest BCUT2D eigenvalue weighted by Gasteiger charge is 2.17. The monoisotopic (exact) mass is 204 g/mol. The van der Waals surface area contributed by atoms with E-state index in [1.807, 2.05) is 10.9 Å². The molecule has 15 heavy (non-hydrogen) atoms. The SMILES string of the molecule is CCC(C)(C)Cn1ncc2cncnc21. The van der Waals surface area contributed by atoms with Crippen LogP contribution in [0.25, 0.3) is 11.0 Å². The van der Waals surface area contributed by atoms with E-state index in [9.17, 15) is 0 Å². The Hall–Kier alpha value is -1.45. The van der Waals surface area contributed by atoms with Crippen molar-refractivity contribution in [2.75, 3.05) is 0 Å². The second kappa shape index (κ2) is 3.61. The number of hydrogen-bond acceptors (Lipinski definition) is 3. The molecule has 0 unspecified atom stereocenters. The van der Waals surface area contributed by atoms with E-state index in [0.717, 1.165) is 24.0 Å². The molecule has 0 aliphatic carbocycles. The second-order valence-corrected chi connectivity index (χ2v) is 4.62. The third-order valence-corrected chi connectivity index (χ3v) is 2.83. The fourth-order valence-corrected chi connectivity index (χ4v) is 1.46. The normalized spacial score (nSPS) is 12.2. The third kappa shape index (κ3) is 1.98. The van der Waals surface area contributed by atoms with Crippen molar-refractivity contribution in [3.63, 3.8) is 0 Å². The van der Waals surface area contributed by atoms with Gasteiger partial charge in [0, 0.05) is 12.7 Å². The molecule has 0 aromatic carbocycles. The summed E-state index contributed by atoms with van der Waals surface area (Å²) in [6, 6.07) is 0. The van der Waals surface area contributed by atoms with Gasteiger partial charge in [-0.1, -0.05) is 20.8 Å². The standard InChI is InChI=1S/C11H16N4/c1-4-11(2,3)7-15-10-9(6-14-15)5-12-8-13-10/h5-6,8H,4,7H2,1-3H3. The molecule has 0 spiro atoms. The summed E-state index contributed by atoms with van der Waals surface area (Å²) in [6.07, 6.45) is 6.31. The first-order valence-electron chi connectivity index (χ1n) is 5.24. The van der Waals surface area contributed by atoms with E-state index >= 15 is 0 Å². The Kier molecular flexibility index (Phi) is 2.42. The molecular weight excluding hydrogens is 188 g/mol. The summed E-state index contributed by atoms with van der Waals surface area (Å²) in [6.45, 7) is 7.56. The van der Waals surface area contributed by atoms with Crippen LogP contribution in [0.5, 0.6) is 0 Å². The molecular formula is C11H16N4. The molecule has 4 nitrogen and oxygen atoms in total. The van der Waals surface area contributed by atoms with E-state index in [-0.39, 0.29) is 5.41 Å². The molecule has 2 heterocycles. The summed E-state index contributed by atoms with van der Waals surface area (Å²) in [5.74, 6) is 0. The molecule has 0 atom stereocenters. The Bertz CT molecular complexity index is 458. The molecule has 2 aromatic rings. The smallest absolute Gasteiger partial charge is 0.161 e. The maximum atomic E-state index is 4.34. The van der Waals surface area contributed by atoms with Gasteiger partial charge in [0.15, 0.2) is 5.65 Å². The predicted octanol–water partition coefficient (Wildman–Crippen LogP) is 2.26. The lowest BCUT2D eigenvalue weighted by atomic mass is 9.90. The van der Waals surface area contributed by atoms with Gasteiger partial charge in [-0.3, -0.25) is 0 Å². The molecule has 4 heteroatoms. The van der Waals surface area contributed by atoms with Crippen molar-refractivity contribution in [2.24, 2.45) is 5.41 Å². The first-order valence-corrected chi connectivity index (χ1v) is 5.24. The fraction of sp³-hybridized carbons (Fsp3) is 0.545. The zero-order valence-corrected chi connectivity index (χ0v) is 9.44. The average Bonchev–Trinajstić information content (AvgIpc) is 2.62. The molecule has 2 aromatic heterocycles. The number of rotatable bonds is 3. The molecule has 0 fully saturated rings. The third-order valence-electron chi connectivity index (χ3n) is 2.83. The minimum Gasteiger partial charge on any atom is -0.247 e. The minimum atomic E-state index is 0.254. The van der Waals surface area contributed by atoms with Gasteiger partial charge in [0.2, 0.25) is 0 Å². The summed E-state index contributed by atoms with van der Waals surface area (Å²) < 4.78 is 1.96. The maximum Gasteiger partial charge on any atom is 0.161 e. The summed E-state index contributed by atoms with van der Waals surface area (Å²) in [5.41, 5.74) is 1.18. The summed E-state index contributed by atoms with van der Waals surface area (Å²) in [7, 11) is 0. The van der Waals surface area contributed by atoms with Gasteiger partial charge in [-0.25, -0.2) is 14.6 Å². The topological polar surface area (TPSA) is 43.6 Å². The van der Waals surface area contributed by atoms with Crippen LogP contribution >= 0.6 is 0 Å². The van der Waals surface area contributed by atoms with Gasteiger partial charge in [-0.05, 0) is 11.8 Å². The lowest BCUT2D eigenvalue weighted by molar-refractivity contribution is 0.284. The van der Waals surface area contributed by atoms with Crippen LogP contribution in [0, 0.1) is 5.41 Å². The first-order chi connectivity index (χ1) is 7.12. The van der Waals surface area contributed by atoms with Crippen molar-refractivity contribution in [1.82, 2.24) is 19.7 Å². The molecule has 0 bridgehead atoms. The van der Waals surface area contributed by atoms with Crippen LogP contribution in [0.1, 0.15) is 27.2 Å². The van der Waals surface area contributed by atoms with E-state index in [1.54, 1.807) is 12.5 Å². The van der Waals surface area contributed by atoms with E-state index in [0.29, 0.717) is 0 Å². The van der Waals surface area contributed by atoms with Crippen LogP contribution in [0.15, 0.2) is 18.7 Å². The van der Waals surface area contributed by atoms with Crippen LogP contribution in [-0.4, -0.2) is 19.7 Å². The highest BCUT2D eigenvalue weighted by molar-refractivity contribution is 5.72. The van der Waals surface area contributed by atoms with Crippen LogP contribution in [0.4, 0.5) is 0 Å². The minimum absolute atomic E-state index is 0.254. The van der Waals surface area contributed by atoms with Gasteiger partial charge in [-0.2, -0.15) is 5.10 Å². The number of aromatic nitrogens is 4. The van der Waals surface area contributed by atoms with Crippen LogP contribution in [-0.2, 0) is 6.54 Å². The van der Waals surface area contributed by atoms with Crippen molar-refractivity contribution in [3.05, 3.63) is 18.7 Å². The van der Waals surface area contributed by atoms with E-state index in [1.165, 1.54) is 0 Å². The van der Waals surface area contributed by atoms with Gasteiger partial charge in [-0.15, -0.1) is 0 Å². The van der Waals surface area contributed by atoms with Crippen molar-refractivity contribution in [2.45, 2.75) is 33.7 Å². The molecule has 0 N–H and O–H groups in total. The number of nitrogens with zero attached hydrogens (tertiary/aromatic N) is 4. The molecule has 0 aliphatic heterocycles. The lowest BCUT2D eigenvalue weighted by Crippen LogP contribution is -2.19. The van der Waals surface area contributed by atoms with Crippen molar-refractivity contribution >= 4 is 11.0 Å². The van der Waals surface area contributed by atoms with Crippen molar-refractivity contribution in [3.8, 4) is 0 Å². The maximum absolute atomic E-state index is 4.34. The van der Waals surface area contributed by atoms with Gasteiger partial charge in [0.1, 0.15) is 6.33 Å². The predicted molar refractivity (Wildman–Crippen MR) is 59.4 cm³/mol. The van der Waals surface area contributed by atoms with Gasteiger partial charge >= 0.3 is 0 Å². The Morgan fingerprint density at radius 2 is 2.13 bits per heavy atom. The van der Waals surface area contributed by atoms with Gasteiger partial charge in [0.25, 0.3) is 0 Å². The van der Waals surface area contributed by atoms with Gasteiger partial charge < -0.3 is 0 Å². The first kappa shape index (κ1) is 10.1. The Morgan fingerprint density at radius 3 is 2.87 bits per heavy atom. The molecule has 2 rings (SSSR count). The van der Waals surface area contributed by atoms with Crippen molar-refractivity contribution in [1.29, 1.82) is 0 Å². The van der Waals surface area contributed by atoms with Crippen LogP contribution in [0.3, 0.4) is 0 Å². The molecule has 0 saturated carbocycles. The quantitative estimate of drug-likeness (QED) is 0.770. The van der Waals surface area contributed by atoms with Gasteiger partial charge in [0.05, 0.1) is 11.6 Å². The summed E-state index contributed by atoms with van der Waals surface area (Å²) in [4.78, 5) is 8.23. The number of fused-ring (bicyclic) bond motifs is 1. The highest BCUT2D eigenvalue weighted by atomic mass is 15.3. The number of hydrogen-bond donors (Lipinski definition) is 0. The summed E-state index contributed by atoms with van der Waals surface area (Å²) in [5, 5.41) is 5.35.